The molecule has 2 atom stereocenters. The van der Waals surface area contributed by atoms with Crippen LogP contribution in [0.25, 0.3) is 0 Å². The molecular weight excluding hydrogens is 262 g/mol. The number of nitrogens with zero attached hydrogens (tertiary/aromatic N) is 3. The molecule has 1 aromatic carbocycles. The van der Waals surface area contributed by atoms with E-state index in [4.69, 9.17) is 0 Å². The van der Waals surface area contributed by atoms with E-state index in [0.29, 0.717) is 6.54 Å². The van der Waals surface area contributed by atoms with Crippen molar-refractivity contribution in [1.29, 1.82) is 0 Å². The number of carbonyl (C=O) groups is 1. The first-order chi connectivity index (χ1) is 10.1. The van der Waals surface area contributed by atoms with Crippen LogP contribution in [0, 0.1) is 0 Å². The monoisotopic (exact) mass is 285 g/mol. The third-order valence-electron chi connectivity index (χ3n) is 3.93. The van der Waals surface area contributed by atoms with E-state index in [0.717, 1.165) is 12.0 Å². The zero-order valence-corrected chi connectivity index (χ0v) is 12.9. The highest BCUT2D eigenvalue weighted by Crippen LogP contribution is 2.17. The van der Waals surface area contributed by atoms with E-state index in [1.807, 2.05) is 40.8 Å². The molecule has 2 rings (SSSR count). The van der Waals surface area contributed by atoms with Crippen molar-refractivity contribution in [3.05, 3.63) is 54.6 Å². The average Bonchev–Trinajstić information content (AvgIpc) is 3.06. The number of carbonyl (C=O) groups excluding carboxylic acids is 1. The Morgan fingerprint density at radius 1 is 1.29 bits per heavy atom. The average molecular weight is 285 g/mol. The van der Waals surface area contributed by atoms with Crippen LogP contribution in [0.1, 0.15) is 38.8 Å². The van der Waals surface area contributed by atoms with E-state index in [2.05, 4.69) is 31.0 Å². The Kier molecular flexibility index (Phi) is 5.14. The zero-order chi connectivity index (χ0) is 15.2. The highest BCUT2D eigenvalue weighted by atomic mass is 16.2. The molecule has 4 heteroatoms. The lowest BCUT2D eigenvalue weighted by Crippen LogP contribution is -2.41. The highest BCUT2D eigenvalue weighted by molar-refractivity contribution is 5.80. The van der Waals surface area contributed by atoms with E-state index in [-0.39, 0.29) is 18.0 Å². The predicted molar refractivity (Wildman–Crippen MR) is 83.7 cm³/mol. The summed E-state index contributed by atoms with van der Waals surface area (Å²) in [4.78, 5) is 18.8. The van der Waals surface area contributed by atoms with Crippen molar-refractivity contribution in [1.82, 2.24) is 14.5 Å². The molecule has 2 unspecified atom stereocenters. The second kappa shape index (κ2) is 7.07. The summed E-state index contributed by atoms with van der Waals surface area (Å²) in [6.45, 7) is 6.78. The van der Waals surface area contributed by atoms with Gasteiger partial charge in [0.25, 0.3) is 0 Å². The zero-order valence-electron chi connectivity index (χ0n) is 12.9. The molecule has 1 aromatic heterocycles. The molecule has 0 bridgehead atoms. The second-order valence-corrected chi connectivity index (χ2v) is 5.39. The van der Waals surface area contributed by atoms with Gasteiger partial charge in [0.2, 0.25) is 5.91 Å². The van der Waals surface area contributed by atoms with Gasteiger partial charge in [0, 0.05) is 25.0 Å². The van der Waals surface area contributed by atoms with Gasteiger partial charge in [0.05, 0.1) is 6.33 Å². The third-order valence-corrected chi connectivity index (χ3v) is 3.93. The lowest BCUT2D eigenvalue weighted by atomic mass is 10.1. The number of benzene rings is 1. The molecule has 21 heavy (non-hydrogen) atoms. The van der Waals surface area contributed by atoms with Crippen LogP contribution in [0.15, 0.2) is 49.1 Å². The molecule has 4 nitrogen and oxygen atoms in total. The van der Waals surface area contributed by atoms with Gasteiger partial charge in [0.15, 0.2) is 0 Å². The first-order valence-corrected chi connectivity index (χ1v) is 7.45. The van der Waals surface area contributed by atoms with Crippen molar-refractivity contribution in [2.24, 2.45) is 0 Å². The van der Waals surface area contributed by atoms with Crippen LogP contribution in [-0.4, -0.2) is 26.4 Å². The van der Waals surface area contributed by atoms with Crippen molar-refractivity contribution in [2.45, 2.75) is 45.8 Å². The molecule has 0 aliphatic carbocycles. The van der Waals surface area contributed by atoms with Gasteiger partial charge in [-0.1, -0.05) is 37.3 Å². The van der Waals surface area contributed by atoms with E-state index >= 15 is 0 Å². The molecule has 112 valence electrons. The van der Waals surface area contributed by atoms with Gasteiger partial charge in [-0.05, 0) is 25.8 Å². The largest absolute Gasteiger partial charge is 0.334 e. The molecule has 0 fully saturated rings. The van der Waals surface area contributed by atoms with Crippen molar-refractivity contribution < 1.29 is 4.79 Å². The van der Waals surface area contributed by atoms with Gasteiger partial charge >= 0.3 is 0 Å². The first kappa shape index (κ1) is 15.3. The summed E-state index contributed by atoms with van der Waals surface area (Å²) in [5.41, 5.74) is 1.16. The van der Waals surface area contributed by atoms with Gasteiger partial charge in [-0.15, -0.1) is 0 Å². The summed E-state index contributed by atoms with van der Waals surface area (Å²) in [5, 5.41) is 0. The number of imidazole rings is 1. The van der Waals surface area contributed by atoms with E-state index < -0.39 is 0 Å². The van der Waals surface area contributed by atoms with Crippen LogP contribution < -0.4 is 0 Å². The number of rotatable bonds is 6. The molecule has 0 N–H and O–H groups in total. The van der Waals surface area contributed by atoms with Crippen molar-refractivity contribution >= 4 is 5.91 Å². The molecule has 1 heterocycles. The van der Waals surface area contributed by atoms with E-state index in [9.17, 15) is 4.79 Å². The smallest absolute Gasteiger partial charge is 0.245 e. The SMILES string of the molecule is CCC(C)N(Cc1ccccc1)C(=O)C(C)n1ccnc1. The van der Waals surface area contributed by atoms with Crippen LogP contribution in [0.3, 0.4) is 0 Å². The first-order valence-electron chi connectivity index (χ1n) is 7.45. The third kappa shape index (κ3) is 3.72. The molecule has 0 saturated carbocycles. The van der Waals surface area contributed by atoms with Gasteiger partial charge in [-0.3, -0.25) is 4.79 Å². The Bertz CT molecular complexity index is 551. The molecule has 0 aliphatic heterocycles. The van der Waals surface area contributed by atoms with Crippen LogP contribution in [0.5, 0.6) is 0 Å². The summed E-state index contributed by atoms with van der Waals surface area (Å²) in [5.74, 6) is 0.131. The number of hydrogen-bond acceptors (Lipinski definition) is 2. The Labute approximate surface area is 126 Å². The molecule has 0 aliphatic rings. The molecule has 0 spiro atoms. The highest BCUT2D eigenvalue weighted by Gasteiger charge is 2.25. The maximum atomic E-state index is 12.8. The van der Waals surface area contributed by atoms with Crippen LogP contribution in [0.4, 0.5) is 0 Å². The van der Waals surface area contributed by atoms with Gasteiger partial charge in [-0.25, -0.2) is 4.98 Å². The van der Waals surface area contributed by atoms with Crippen molar-refractivity contribution in [3.8, 4) is 0 Å². The molecule has 2 aromatic rings. The predicted octanol–water partition coefficient (Wildman–Crippen LogP) is 3.27. The maximum absolute atomic E-state index is 12.8. The quantitative estimate of drug-likeness (QED) is 0.817. The lowest BCUT2D eigenvalue weighted by Gasteiger charge is -2.31. The fourth-order valence-electron chi connectivity index (χ4n) is 2.32. The molecule has 1 amide bonds. The summed E-state index contributed by atoms with van der Waals surface area (Å²) < 4.78 is 1.85. The van der Waals surface area contributed by atoms with E-state index in [1.165, 1.54) is 0 Å². The Balaban J connectivity index is 2.17. The second-order valence-electron chi connectivity index (χ2n) is 5.39. The number of aromatic nitrogens is 2. The topological polar surface area (TPSA) is 38.1 Å². The van der Waals surface area contributed by atoms with Crippen LogP contribution in [0.2, 0.25) is 0 Å². The fourth-order valence-corrected chi connectivity index (χ4v) is 2.32. The minimum atomic E-state index is -0.231. The number of hydrogen-bond donors (Lipinski definition) is 0. The maximum Gasteiger partial charge on any atom is 0.245 e. The molecule has 0 radical (unpaired) electrons. The Morgan fingerprint density at radius 2 is 2.00 bits per heavy atom. The minimum absolute atomic E-state index is 0.131. The van der Waals surface area contributed by atoms with Crippen LogP contribution >= 0.6 is 0 Å². The Morgan fingerprint density at radius 3 is 2.57 bits per heavy atom. The Hall–Kier alpha value is -2.10. The van der Waals surface area contributed by atoms with Crippen molar-refractivity contribution in [2.75, 3.05) is 0 Å². The minimum Gasteiger partial charge on any atom is -0.334 e. The van der Waals surface area contributed by atoms with E-state index in [1.54, 1.807) is 12.5 Å². The normalized spacial score (nSPS) is 13.7. The summed E-state index contributed by atoms with van der Waals surface area (Å²) in [6, 6.07) is 10.1. The fraction of sp³-hybridized carbons (Fsp3) is 0.412. The van der Waals surface area contributed by atoms with Gasteiger partial charge in [0.1, 0.15) is 6.04 Å². The van der Waals surface area contributed by atoms with Gasteiger partial charge in [-0.2, -0.15) is 0 Å². The van der Waals surface area contributed by atoms with Crippen molar-refractivity contribution in [3.63, 3.8) is 0 Å². The summed E-state index contributed by atoms with van der Waals surface area (Å²) in [7, 11) is 0. The summed E-state index contributed by atoms with van der Waals surface area (Å²) in [6.07, 6.45) is 6.17. The van der Waals surface area contributed by atoms with Crippen LogP contribution in [-0.2, 0) is 11.3 Å². The summed E-state index contributed by atoms with van der Waals surface area (Å²) >= 11 is 0. The standard InChI is InChI=1S/C17H23N3O/c1-4-14(2)20(12-16-8-6-5-7-9-16)17(21)15(3)19-11-10-18-13-19/h5-11,13-15H,4,12H2,1-3H3. The molecule has 0 saturated heterocycles. The lowest BCUT2D eigenvalue weighted by molar-refractivity contribution is -0.137. The van der Waals surface area contributed by atoms with Gasteiger partial charge < -0.3 is 9.47 Å². The molecular formula is C17H23N3O. The number of amides is 1.